The molecule has 0 spiro atoms. The van der Waals surface area contributed by atoms with E-state index >= 15 is 0 Å². The third-order valence-electron chi connectivity index (χ3n) is 5.59. The fraction of sp³-hybridized carbons (Fsp3) is 0.241. The molecule has 1 heterocycles. The maximum Gasteiger partial charge on any atom is 0.282 e. The van der Waals surface area contributed by atoms with E-state index in [-0.39, 0.29) is 17.5 Å². The summed E-state index contributed by atoms with van der Waals surface area (Å²) >= 11 is 0. The zero-order chi connectivity index (χ0) is 24.4. The molecule has 0 bridgehead atoms. The summed E-state index contributed by atoms with van der Waals surface area (Å²) in [6, 6.07) is 20.7. The SMILES string of the molecule is Cc1ccc(C2=C(Nc3cc(C)cc(C)c3)C(=O)N(c3ccc(OCC(C)C)cc3)C2=O)cc1. The van der Waals surface area contributed by atoms with Crippen molar-refractivity contribution in [1.29, 1.82) is 0 Å². The minimum atomic E-state index is -0.379. The summed E-state index contributed by atoms with van der Waals surface area (Å²) < 4.78 is 5.75. The van der Waals surface area contributed by atoms with Gasteiger partial charge in [-0.3, -0.25) is 9.59 Å². The van der Waals surface area contributed by atoms with Crippen LogP contribution in [0.4, 0.5) is 11.4 Å². The van der Waals surface area contributed by atoms with E-state index in [1.54, 1.807) is 24.3 Å². The average molecular weight is 455 g/mol. The number of aryl methyl sites for hydroxylation is 3. The molecule has 0 atom stereocenters. The van der Waals surface area contributed by atoms with E-state index in [1.165, 1.54) is 4.90 Å². The van der Waals surface area contributed by atoms with E-state index in [1.807, 2.05) is 57.2 Å². The fourth-order valence-corrected chi connectivity index (χ4v) is 4.01. The summed E-state index contributed by atoms with van der Waals surface area (Å²) in [5, 5.41) is 3.25. The van der Waals surface area contributed by atoms with E-state index in [0.29, 0.717) is 35.1 Å². The molecule has 0 unspecified atom stereocenters. The van der Waals surface area contributed by atoms with E-state index in [0.717, 1.165) is 22.4 Å². The highest BCUT2D eigenvalue weighted by molar-refractivity contribution is 6.46. The largest absolute Gasteiger partial charge is 0.493 e. The van der Waals surface area contributed by atoms with Gasteiger partial charge in [-0.2, -0.15) is 0 Å². The van der Waals surface area contributed by atoms with Gasteiger partial charge in [-0.25, -0.2) is 4.90 Å². The quantitative estimate of drug-likeness (QED) is 0.442. The second kappa shape index (κ2) is 9.56. The minimum Gasteiger partial charge on any atom is -0.493 e. The van der Waals surface area contributed by atoms with Gasteiger partial charge in [0.25, 0.3) is 11.8 Å². The maximum atomic E-state index is 13.6. The monoisotopic (exact) mass is 454 g/mol. The van der Waals surface area contributed by atoms with Crippen molar-refractivity contribution in [1.82, 2.24) is 0 Å². The summed E-state index contributed by atoms with van der Waals surface area (Å²) in [7, 11) is 0. The number of nitrogens with one attached hydrogen (secondary N) is 1. The van der Waals surface area contributed by atoms with Crippen molar-refractivity contribution in [2.75, 3.05) is 16.8 Å². The molecule has 3 aromatic rings. The van der Waals surface area contributed by atoms with Gasteiger partial charge in [0.05, 0.1) is 17.9 Å². The lowest BCUT2D eigenvalue weighted by Crippen LogP contribution is -2.32. The predicted molar refractivity (Wildman–Crippen MR) is 137 cm³/mol. The lowest BCUT2D eigenvalue weighted by Gasteiger charge is -2.16. The molecule has 1 aliphatic rings. The van der Waals surface area contributed by atoms with Crippen LogP contribution in [-0.4, -0.2) is 18.4 Å². The Bertz CT molecular complexity index is 1240. The highest BCUT2D eigenvalue weighted by Gasteiger charge is 2.40. The molecule has 5 heteroatoms. The molecule has 2 amide bonds. The highest BCUT2D eigenvalue weighted by atomic mass is 16.5. The van der Waals surface area contributed by atoms with Gasteiger partial charge in [0, 0.05) is 5.69 Å². The Balaban J connectivity index is 1.72. The Morgan fingerprint density at radius 3 is 2.00 bits per heavy atom. The zero-order valence-corrected chi connectivity index (χ0v) is 20.3. The molecule has 0 aromatic heterocycles. The number of hydrogen-bond acceptors (Lipinski definition) is 4. The Hall–Kier alpha value is -3.86. The Morgan fingerprint density at radius 2 is 1.41 bits per heavy atom. The summed E-state index contributed by atoms with van der Waals surface area (Å²) in [4.78, 5) is 28.4. The molecule has 1 aliphatic heterocycles. The highest BCUT2D eigenvalue weighted by Crippen LogP contribution is 2.34. The second-order valence-electron chi connectivity index (χ2n) is 9.26. The van der Waals surface area contributed by atoms with Crippen molar-refractivity contribution in [2.24, 2.45) is 5.92 Å². The topological polar surface area (TPSA) is 58.6 Å². The van der Waals surface area contributed by atoms with Gasteiger partial charge in [0.1, 0.15) is 11.4 Å². The summed E-state index contributed by atoms with van der Waals surface area (Å²) in [6.45, 7) is 10.8. The molecular formula is C29H30N2O3. The molecule has 0 fully saturated rings. The molecular weight excluding hydrogens is 424 g/mol. The lowest BCUT2D eigenvalue weighted by atomic mass is 10.0. The molecule has 3 aromatic carbocycles. The summed E-state index contributed by atoms with van der Waals surface area (Å²) in [6.07, 6.45) is 0. The Morgan fingerprint density at radius 1 is 0.794 bits per heavy atom. The van der Waals surface area contributed by atoms with Crippen LogP contribution < -0.4 is 15.0 Å². The smallest absolute Gasteiger partial charge is 0.282 e. The number of benzene rings is 3. The van der Waals surface area contributed by atoms with Gasteiger partial charge in [-0.05, 0) is 79.8 Å². The van der Waals surface area contributed by atoms with Crippen LogP contribution in [0.2, 0.25) is 0 Å². The van der Waals surface area contributed by atoms with Gasteiger partial charge in [-0.1, -0.05) is 49.7 Å². The van der Waals surface area contributed by atoms with Crippen molar-refractivity contribution in [3.05, 3.63) is 94.7 Å². The number of anilines is 2. The van der Waals surface area contributed by atoms with Crippen molar-refractivity contribution in [3.8, 4) is 5.75 Å². The van der Waals surface area contributed by atoms with E-state index in [2.05, 4.69) is 25.2 Å². The van der Waals surface area contributed by atoms with Crippen LogP contribution in [0.15, 0.2) is 72.4 Å². The lowest BCUT2D eigenvalue weighted by molar-refractivity contribution is -0.120. The maximum absolute atomic E-state index is 13.6. The van der Waals surface area contributed by atoms with Crippen LogP contribution in [-0.2, 0) is 9.59 Å². The van der Waals surface area contributed by atoms with Crippen LogP contribution in [0.25, 0.3) is 5.57 Å². The van der Waals surface area contributed by atoms with E-state index < -0.39 is 0 Å². The number of nitrogens with zero attached hydrogens (tertiary/aromatic N) is 1. The molecule has 0 saturated heterocycles. The van der Waals surface area contributed by atoms with E-state index in [9.17, 15) is 9.59 Å². The molecule has 5 nitrogen and oxygen atoms in total. The second-order valence-corrected chi connectivity index (χ2v) is 9.26. The number of rotatable bonds is 7. The van der Waals surface area contributed by atoms with Crippen LogP contribution >= 0.6 is 0 Å². The van der Waals surface area contributed by atoms with Crippen molar-refractivity contribution >= 4 is 28.8 Å². The van der Waals surface area contributed by atoms with Crippen LogP contribution in [0.1, 0.15) is 36.1 Å². The number of imide groups is 1. The third-order valence-corrected chi connectivity index (χ3v) is 5.59. The van der Waals surface area contributed by atoms with Crippen molar-refractivity contribution in [2.45, 2.75) is 34.6 Å². The molecule has 4 rings (SSSR count). The van der Waals surface area contributed by atoms with Crippen molar-refractivity contribution in [3.63, 3.8) is 0 Å². The average Bonchev–Trinajstić information content (AvgIpc) is 3.02. The third kappa shape index (κ3) is 4.88. The standard InChI is InChI=1S/C29H30N2O3/c1-18(2)17-34-25-12-10-24(11-13-25)31-28(32)26(22-8-6-19(3)7-9-22)27(29(31)33)30-23-15-20(4)14-21(5)16-23/h6-16,18,30H,17H2,1-5H3. The van der Waals surface area contributed by atoms with Gasteiger partial charge in [0.2, 0.25) is 0 Å². The molecule has 174 valence electrons. The Labute approximate surface area is 201 Å². The first-order valence-electron chi connectivity index (χ1n) is 11.5. The van der Waals surface area contributed by atoms with Crippen LogP contribution in [0.5, 0.6) is 5.75 Å². The number of carbonyl (C=O) groups is 2. The number of carbonyl (C=O) groups excluding carboxylic acids is 2. The number of ether oxygens (including phenoxy) is 1. The van der Waals surface area contributed by atoms with Crippen LogP contribution in [0.3, 0.4) is 0 Å². The first-order valence-corrected chi connectivity index (χ1v) is 11.5. The van der Waals surface area contributed by atoms with E-state index in [4.69, 9.17) is 4.74 Å². The molecule has 34 heavy (non-hydrogen) atoms. The predicted octanol–water partition coefficient (Wildman–Crippen LogP) is 6.04. The molecule has 1 N–H and O–H groups in total. The first kappa shape index (κ1) is 23.3. The molecule has 0 saturated carbocycles. The van der Waals surface area contributed by atoms with Gasteiger partial charge in [0.15, 0.2) is 0 Å². The normalized spacial score (nSPS) is 13.8. The number of amides is 2. The van der Waals surface area contributed by atoms with Gasteiger partial charge in [-0.15, -0.1) is 0 Å². The molecule has 0 aliphatic carbocycles. The van der Waals surface area contributed by atoms with Gasteiger partial charge >= 0.3 is 0 Å². The Kier molecular flexibility index (Phi) is 6.55. The molecule has 0 radical (unpaired) electrons. The fourth-order valence-electron chi connectivity index (χ4n) is 4.01. The minimum absolute atomic E-state index is 0.277. The summed E-state index contributed by atoms with van der Waals surface area (Å²) in [5.41, 5.74) is 5.86. The van der Waals surface area contributed by atoms with Crippen LogP contribution in [0, 0.1) is 26.7 Å². The number of hydrogen-bond donors (Lipinski definition) is 1. The van der Waals surface area contributed by atoms with Crippen molar-refractivity contribution < 1.29 is 14.3 Å². The first-order chi connectivity index (χ1) is 16.2. The van der Waals surface area contributed by atoms with Gasteiger partial charge < -0.3 is 10.1 Å². The zero-order valence-electron chi connectivity index (χ0n) is 20.3. The summed E-state index contributed by atoms with van der Waals surface area (Å²) in [5.74, 6) is 0.380.